The van der Waals surface area contributed by atoms with Crippen LogP contribution in [-0.2, 0) is 9.59 Å². The minimum atomic E-state index is -0.447. The Balaban J connectivity index is 1.48. The van der Waals surface area contributed by atoms with Crippen molar-refractivity contribution >= 4 is 34.8 Å². The molecule has 0 saturated carbocycles. The number of phenols is 1. The van der Waals surface area contributed by atoms with Crippen molar-refractivity contribution in [1.29, 1.82) is 0 Å². The van der Waals surface area contributed by atoms with Crippen LogP contribution in [-0.4, -0.2) is 54.0 Å². The number of hydrogen-bond acceptors (Lipinski definition) is 5. The predicted molar refractivity (Wildman–Crippen MR) is 109 cm³/mol. The zero-order valence-corrected chi connectivity index (χ0v) is 16.4. The maximum Gasteiger partial charge on any atom is 0.251 e. The van der Waals surface area contributed by atoms with Crippen LogP contribution in [0.4, 0.5) is 11.4 Å². The normalized spacial score (nSPS) is 20.9. The van der Waals surface area contributed by atoms with Gasteiger partial charge >= 0.3 is 0 Å². The Morgan fingerprint density at radius 3 is 2.36 bits per heavy atom. The fourth-order valence-corrected chi connectivity index (χ4v) is 4.17. The highest BCUT2D eigenvalue weighted by Crippen LogP contribution is 2.33. The average molecular weight is 400 g/mol. The highest BCUT2D eigenvalue weighted by Gasteiger charge is 2.43. The van der Waals surface area contributed by atoms with Crippen LogP contribution in [0.1, 0.15) is 12.0 Å². The molecule has 7 heteroatoms. The molecule has 2 saturated heterocycles. The van der Waals surface area contributed by atoms with Gasteiger partial charge in [0, 0.05) is 31.2 Å². The van der Waals surface area contributed by atoms with Crippen molar-refractivity contribution in [2.24, 2.45) is 0 Å². The molecular formula is C21H22ClN3O3. The van der Waals surface area contributed by atoms with Crippen molar-refractivity contribution in [2.45, 2.75) is 19.4 Å². The summed E-state index contributed by atoms with van der Waals surface area (Å²) in [5.74, 6) is -0.124. The first-order valence-electron chi connectivity index (χ1n) is 9.36. The lowest BCUT2D eigenvalue weighted by atomic mass is 10.1. The second-order valence-corrected chi connectivity index (χ2v) is 7.59. The monoisotopic (exact) mass is 399 g/mol. The third-order valence-corrected chi connectivity index (χ3v) is 5.99. The van der Waals surface area contributed by atoms with Gasteiger partial charge in [-0.25, -0.2) is 4.90 Å². The van der Waals surface area contributed by atoms with Crippen LogP contribution in [0.25, 0.3) is 0 Å². The van der Waals surface area contributed by atoms with Gasteiger partial charge in [0.1, 0.15) is 5.75 Å². The van der Waals surface area contributed by atoms with Gasteiger partial charge in [-0.2, -0.15) is 0 Å². The summed E-state index contributed by atoms with van der Waals surface area (Å²) < 4.78 is 0. The van der Waals surface area contributed by atoms with Crippen LogP contribution >= 0.6 is 11.6 Å². The standard InChI is InChI=1S/C21H22ClN3O3/c1-14-15(22)5-4-7-16(14)25-20(27)13-18(21(25)28)24-11-9-23(10-12-24)17-6-2-3-8-19(17)26/h2-8,18,26H,9-13H2,1H3/t18-/m1/s1. The summed E-state index contributed by atoms with van der Waals surface area (Å²) in [5.41, 5.74) is 2.10. The Hall–Kier alpha value is -2.57. The van der Waals surface area contributed by atoms with Crippen LogP contribution in [0, 0.1) is 6.92 Å². The fourth-order valence-electron chi connectivity index (χ4n) is 4.00. The SMILES string of the molecule is Cc1c(Cl)cccc1N1C(=O)C[C@@H](N2CCN(c3ccccc3O)CC2)C1=O. The van der Waals surface area contributed by atoms with Crippen molar-refractivity contribution < 1.29 is 14.7 Å². The van der Waals surface area contributed by atoms with Crippen LogP contribution in [0.5, 0.6) is 5.75 Å². The first kappa shape index (κ1) is 18.8. The van der Waals surface area contributed by atoms with Gasteiger partial charge in [0.15, 0.2) is 0 Å². The quantitative estimate of drug-likeness (QED) is 0.804. The molecule has 0 unspecified atom stereocenters. The molecule has 2 heterocycles. The minimum absolute atomic E-state index is 0.182. The summed E-state index contributed by atoms with van der Waals surface area (Å²) in [6, 6.07) is 12.1. The molecule has 2 aliphatic rings. The summed E-state index contributed by atoms with van der Waals surface area (Å²) >= 11 is 6.17. The van der Waals surface area contributed by atoms with E-state index in [0.717, 1.165) is 11.3 Å². The highest BCUT2D eigenvalue weighted by atomic mass is 35.5. The van der Waals surface area contributed by atoms with Crippen LogP contribution in [0.15, 0.2) is 42.5 Å². The summed E-state index contributed by atoms with van der Waals surface area (Å²) in [6.07, 6.45) is 0.182. The summed E-state index contributed by atoms with van der Waals surface area (Å²) in [6.45, 7) is 4.49. The van der Waals surface area contributed by atoms with Crippen LogP contribution < -0.4 is 9.80 Å². The zero-order valence-electron chi connectivity index (χ0n) is 15.6. The molecule has 2 fully saturated rings. The molecule has 2 amide bonds. The van der Waals surface area contributed by atoms with E-state index in [1.54, 1.807) is 30.3 Å². The number of carbonyl (C=O) groups excluding carboxylic acids is 2. The number of rotatable bonds is 3. The molecule has 2 aromatic carbocycles. The third-order valence-electron chi connectivity index (χ3n) is 5.58. The van der Waals surface area contributed by atoms with Crippen molar-refractivity contribution in [3.05, 3.63) is 53.1 Å². The largest absolute Gasteiger partial charge is 0.506 e. The van der Waals surface area contributed by atoms with E-state index in [0.29, 0.717) is 36.9 Å². The molecule has 0 spiro atoms. The molecule has 2 aliphatic heterocycles. The van der Waals surface area contributed by atoms with Crippen molar-refractivity contribution in [3.63, 3.8) is 0 Å². The lowest BCUT2D eigenvalue weighted by Gasteiger charge is -2.38. The number of anilines is 2. The van der Waals surface area contributed by atoms with Gasteiger partial charge in [-0.05, 0) is 36.8 Å². The van der Waals surface area contributed by atoms with Gasteiger partial charge in [-0.15, -0.1) is 0 Å². The number of aromatic hydroxyl groups is 1. The molecule has 6 nitrogen and oxygen atoms in total. The Labute approximate surface area is 168 Å². The molecule has 4 rings (SSSR count). The van der Waals surface area contributed by atoms with Crippen molar-refractivity contribution in [3.8, 4) is 5.75 Å². The Morgan fingerprint density at radius 2 is 1.64 bits per heavy atom. The van der Waals surface area contributed by atoms with Crippen molar-refractivity contribution in [1.82, 2.24) is 4.90 Å². The first-order valence-corrected chi connectivity index (χ1v) is 9.74. The zero-order chi connectivity index (χ0) is 19.8. The first-order chi connectivity index (χ1) is 13.5. The van der Waals surface area contributed by atoms with E-state index in [-0.39, 0.29) is 24.0 Å². The summed E-state index contributed by atoms with van der Waals surface area (Å²) in [7, 11) is 0. The molecule has 0 aromatic heterocycles. The van der Waals surface area contributed by atoms with E-state index in [2.05, 4.69) is 9.80 Å². The summed E-state index contributed by atoms with van der Waals surface area (Å²) in [4.78, 5) is 31.1. The maximum absolute atomic E-state index is 13.1. The number of carbonyl (C=O) groups is 2. The van der Waals surface area contributed by atoms with Crippen LogP contribution in [0.2, 0.25) is 5.02 Å². The van der Waals surface area contributed by atoms with Gasteiger partial charge in [0.2, 0.25) is 5.91 Å². The minimum Gasteiger partial charge on any atom is -0.506 e. The molecule has 0 bridgehead atoms. The third kappa shape index (κ3) is 3.23. The number of hydrogen-bond donors (Lipinski definition) is 1. The molecule has 0 radical (unpaired) electrons. The van der Waals surface area contributed by atoms with Crippen LogP contribution in [0.3, 0.4) is 0 Å². The highest BCUT2D eigenvalue weighted by molar-refractivity contribution is 6.32. The number of benzene rings is 2. The Morgan fingerprint density at radius 1 is 0.964 bits per heavy atom. The Kier molecular flexibility index (Phi) is 5.00. The number of amides is 2. The lowest BCUT2D eigenvalue weighted by molar-refractivity contribution is -0.123. The molecular weight excluding hydrogens is 378 g/mol. The number of halogens is 1. The lowest BCUT2D eigenvalue weighted by Crippen LogP contribution is -2.52. The number of phenolic OH excluding ortho intramolecular Hbond substituents is 1. The second kappa shape index (κ2) is 7.45. The topological polar surface area (TPSA) is 64.1 Å². The van der Waals surface area contributed by atoms with Gasteiger partial charge in [-0.1, -0.05) is 29.8 Å². The number of nitrogens with zero attached hydrogens (tertiary/aromatic N) is 3. The molecule has 1 atom stereocenters. The Bertz CT molecular complexity index is 925. The fraction of sp³-hybridized carbons (Fsp3) is 0.333. The van der Waals surface area contributed by atoms with E-state index in [4.69, 9.17) is 11.6 Å². The smallest absolute Gasteiger partial charge is 0.251 e. The number of para-hydroxylation sites is 2. The molecule has 0 aliphatic carbocycles. The summed E-state index contributed by atoms with van der Waals surface area (Å²) in [5, 5.41) is 10.6. The molecule has 1 N–H and O–H groups in total. The van der Waals surface area contributed by atoms with E-state index in [9.17, 15) is 14.7 Å². The maximum atomic E-state index is 13.1. The van der Waals surface area contributed by atoms with E-state index in [1.807, 2.05) is 19.1 Å². The van der Waals surface area contributed by atoms with Crippen molar-refractivity contribution in [2.75, 3.05) is 36.0 Å². The van der Waals surface area contributed by atoms with E-state index >= 15 is 0 Å². The van der Waals surface area contributed by atoms with Gasteiger partial charge < -0.3 is 10.0 Å². The molecule has 28 heavy (non-hydrogen) atoms. The van der Waals surface area contributed by atoms with Gasteiger partial charge in [0.05, 0.1) is 23.8 Å². The second-order valence-electron chi connectivity index (χ2n) is 7.18. The average Bonchev–Trinajstić information content (AvgIpc) is 2.99. The van der Waals surface area contributed by atoms with Gasteiger partial charge in [-0.3, -0.25) is 14.5 Å². The molecule has 2 aromatic rings. The van der Waals surface area contributed by atoms with E-state index < -0.39 is 6.04 Å². The van der Waals surface area contributed by atoms with Gasteiger partial charge in [0.25, 0.3) is 5.91 Å². The number of piperazine rings is 1. The number of imide groups is 1. The predicted octanol–water partition coefficient (Wildman–Crippen LogP) is 2.81. The van der Waals surface area contributed by atoms with E-state index in [1.165, 1.54) is 4.90 Å². The molecule has 146 valence electrons.